The first-order valence-corrected chi connectivity index (χ1v) is 11.2. The maximum Gasteiger partial charge on any atom is 0.303 e. The topological polar surface area (TPSA) is 74.7 Å². The Bertz CT molecular complexity index is 643. The fourth-order valence-electron chi connectivity index (χ4n) is 7.12. The smallest absolute Gasteiger partial charge is 0.303 e. The molecular weight excluding hydrogens is 354 g/mol. The number of carboxylic acids is 1. The van der Waals surface area contributed by atoms with Gasteiger partial charge in [0.25, 0.3) is 0 Å². The lowest BCUT2D eigenvalue weighted by Gasteiger charge is -2.55. The Balaban J connectivity index is 1.84. The van der Waals surface area contributed by atoms with Crippen LogP contribution in [0.15, 0.2) is 0 Å². The summed E-state index contributed by atoms with van der Waals surface area (Å²) in [6.45, 7) is 9.96. The van der Waals surface area contributed by atoms with Gasteiger partial charge in [-0.25, -0.2) is 0 Å². The van der Waals surface area contributed by atoms with Gasteiger partial charge in [0.05, 0.1) is 0 Å². The number of ketones is 1. The van der Waals surface area contributed by atoms with Crippen molar-refractivity contribution in [3.63, 3.8) is 0 Å². The van der Waals surface area contributed by atoms with E-state index in [1.807, 2.05) is 25.7 Å². The molecule has 1 N–H and O–H groups in total. The Morgan fingerprint density at radius 2 is 1.75 bits per heavy atom. The summed E-state index contributed by atoms with van der Waals surface area (Å²) in [5, 5.41) is 9.17. The highest BCUT2D eigenvalue weighted by atomic mass is 16.4. The number of hydrogen-bond acceptors (Lipinski definition) is 3. The fourth-order valence-corrected chi connectivity index (χ4v) is 7.12. The van der Waals surface area contributed by atoms with Crippen LogP contribution in [0.3, 0.4) is 0 Å². The number of nitrogens with zero attached hydrogens (tertiary/aromatic N) is 1. The van der Waals surface area contributed by atoms with Crippen molar-refractivity contribution in [3.8, 4) is 0 Å². The summed E-state index contributed by atoms with van der Waals surface area (Å²) in [5.74, 6) is 1.05. The summed E-state index contributed by atoms with van der Waals surface area (Å²) in [7, 11) is 0. The van der Waals surface area contributed by atoms with Crippen LogP contribution in [0.1, 0.15) is 79.1 Å². The van der Waals surface area contributed by atoms with Crippen LogP contribution in [-0.2, 0) is 14.4 Å². The van der Waals surface area contributed by atoms with Gasteiger partial charge in [0.2, 0.25) is 5.91 Å². The number of rotatable bonds is 6. The molecule has 1 amide bonds. The van der Waals surface area contributed by atoms with Crippen molar-refractivity contribution >= 4 is 17.7 Å². The average molecular weight is 392 g/mol. The van der Waals surface area contributed by atoms with Crippen molar-refractivity contribution in [3.05, 3.63) is 0 Å². The van der Waals surface area contributed by atoms with E-state index in [9.17, 15) is 19.5 Å². The molecule has 5 heteroatoms. The first-order valence-electron chi connectivity index (χ1n) is 11.2. The van der Waals surface area contributed by atoms with E-state index in [0.29, 0.717) is 30.6 Å². The SMILES string of the molecule is CCN(CC)C(=O)[C@@H]1CC[C@@H]2[C@H]3CCC(=O)[C@@](C)(CCC(=O)O)[C@@H]3CC[C@@]21C. The van der Waals surface area contributed by atoms with Gasteiger partial charge in [0.15, 0.2) is 0 Å². The van der Waals surface area contributed by atoms with Crippen molar-refractivity contribution in [2.45, 2.75) is 79.1 Å². The molecule has 28 heavy (non-hydrogen) atoms. The third-order valence-electron chi connectivity index (χ3n) is 8.83. The minimum Gasteiger partial charge on any atom is -0.481 e. The zero-order valence-corrected chi connectivity index (χ0v) is 18.0. The number of fused-ring (bicyclic) bond motifs is 3. The predicted molar refractivity (Wildman–Crippen MR) is 108 cm³/mol. The normalized spacial score (nSPS) is 39.9. The van der Waals surface area contributed by atoms with E-state index in [1.54, 1.807) is 0 Å². The van der Waals surface area contributed by atoms with Gasteiger partial charge in [0.1, 0.15) is 5.78 Å². The Morgan fingerprint density at radius 1 is 1.07 bits per heavy atom. The molecule has 3 aliphatic carbocycles. The van der Waals surface area contributed by atoms with Crippen molar-refractivity contribution in [1.29, 1.82) is 0 Å². The molecule has 0 aliphatic heterocycles. The van der Waals surface area contributed by atoms with E-state index < -0.39 is 11.4 Å². The van der Waals surface area contributed by atoms with Crippen LogP contribution >= 0.6 is 0 Å². The molecule has 5 nitrogen and oxygen atoms in total. The number of hydrogen-bond donors (Lipinski definition) is 1. The van der Waals surface area contributed by atoms with Crippen LogP contribution in [-0.4, -0.2) is 40.8 Å². The van der Waals surface area contributed by atoms with Gasteiger partial charge in [-0.1, -0.05) is 13.8 Å². The third kappa shape index (κ3) is 3.29. The lowest BCUT2D eigenvalue weighted by atomic mass is 9.48. The molecule has 0 aromatic rings. The van der Waals surface area contributed by atoms with E-state index in [-0.39, 0.29) is 29.5 Å². The first kappa shape index (κ1) is 21.3. The van der Waals surface area contributed by atoms with Gasteiger partial charge >= 0.3 is 5.97 Å². The average Bonchev–Trinajstić information content (AvgIpc) is 3.01. The van der Waals surface area contributed by atoms with Gasteiger partial charge < -0.3 is 10.0 Å². The molecule has 0 heterocycles. The number of carbonyl (C=O) groups is 3. The molecule has 0 unspecified atom stereocenters. The van der Waals surface area contributed by atoms with Gasteiger partial charge in [-0.15, -0.1) is 0 Å². The Hall–Kier alpha value is -1.39. The highest BCUT2D eigenvalue weighted by Gasteiger charge is 2.60. The zero-order chi connectivity index (χ0) is 20.7. The Kier molecular flexibility index (Phi) is 5.94. The highest BCUT2D eigenvalue weighted by Crippen LogP contribution is 2.64. The molecular formula is C23H37NO4. The maximum atomic E-state index is 13.2. The molecule has 3 fully saturated rings. The van der Waals surface area contributed by atoms with Crippen molar-refractivity contribution in [2.24, 2.45) is 34.5 Å². The van der Waals surface area contributed by atoms with Gasteiger partial charge in [-0.3, -0.25) is 14.4 Å². The van der Waals surface area contributed by atoms with Gasteiger partial charge in [-0.2, -0.15) is 0 Å². The molecule has 0 aromatic heterocycles. The molecule has 3 aliphatic rings. The summed E-state index contributed by atoms with van der Waals surface area (Å²) in [6.07, 6.45) is 5.95. The van der Waals surface area contributed by atoms with Crippen LogP contribution in [0.5, 0.6) is 0 Å². The number of carbonyl (C=O) groups excluding carboxylic acids is 2. The van der Waals surface area contributed by atoms with Crippen LogP contribution in [0.25, 0.3) is 0 Å². The second-order valence-electron chi connectivity index (χ2n) is 9.83. The number of Topliss-reactive ketones (excluding diaryl/α,β-unsaturated/α-hetero) is 1. The van der Waals surface area contributed by atoms with Crippen LogP contribution < -0.4 is 0 Å². The van der Waals surface area contributed by atoms with E-state index >= 15 is 0 Å². The molecule has 6 atom stereocenters. The summed E-state index contributed by atoms with van der Waals surface area (Å²) in [4.78, 5) is 39.2. The highest BCUT2D eigenvalue weighted by molar-refractivity contribution is 5.86. The van der Waals surface area contributed by atoms with Crippen molar-refractivity contribution in [1.82, 2.24) is 4.90 Å². The molecule has 3 rings (SSSR count). The second kappa shape index (κ2) is 7.79. The zero-order valence-electron chi connectivity index (χ0n) is 18.0. The van der Waals surface area contributed by atoms with Crippen LogP contribution in [0.2, 0.25) is 0 Å². The van der Waals surface area contributed by atoms with E-state index in [1.165, 1.54) is 0 Å². The summed E-state index contributed by atoms with van der Waals surface area (Å²) >= 11 is 0. The van der Waals surface area contributed by atoms with Gasteiger partial charge in [0, 0.05) is 37.3 Å². The predicted octanol–water partition coefficient (Wildman–Crippen LogP) is 4.15. The number of aliphatic carboxylic acids is 1. The second-order valence-corrected chi connectivity index (χ2v) is 9.83. The minimum absolute atomic E-state index is 0.0228. The van der Waals surface area contributed by atoms with Crippen molar-refractivity contribution < 1.29 is 19.5 Å². The van der Waals surface area contributed by atoms with Crippen molar-refractivity contribution in [2.75, 3.05) is 13.1 Å². The van der Waals surface area contributed by atoms with Crippen LogP contribution in [0.4, 0.5) is 0 Å². The molecule has 0 spiro atoms. The van der Waals surface area contributed by atoms with Gasteiger partial charge in [-0.05, 0) is 75.5 Å². The summed E-state index contributed by atoms with van der Waals surface area (Å²) in [6, 6.07) is 0. The monoisotopic (exact) mass is 391 g/mol. The lowest BCUT2D eigenvalue weighted by Crippen LogP contribution is -2.53. The molecule has 0 radical (unpaired) electrons. The molecule has 0 bridgehead atoms. The molecule has 0 aromatic carbocycles. The molecule has 158 valence electrons. The number of amides is 1. The summed E-state index contributed by atoms with van der Waals surface area (Å²) < 4.78 is 0. The first-order chi connectivity index (χ1) is 13.2. The Morgan fingerprint density at radius 3 is 2.36 bits per heavy atom. The van der Waals surface area contributed by atoms with Crippen LogP contribution in [0, 0.1) is 34.5 Å². The van der Waals surface area contributed by atoms with E-state index in [4.69, 9.17) is 0 Å². The number of carboxylic acid groups (broad SMARTS) is 1. The third-order valence-corrected chi connectivity index (χ3v) is 8.83. The molecule has 3 saturated carbocycles. The lowest BCUT2D eigenvalue weighted by molar-refractivity contribution is -0.152. The summed E-state index contributed by atoms with van der Waals surface area (Å²) in [5.41, 5.74) is -0.488. The minimum atomic E-state index is -0.817. The largest absolute Gasteiger partial charge is 0.481 e. The maximum absolute atomic E-state index is 13.2. The fraction of sp³-hybridized carbons (Fsp3) is 0.870. The quantitative estimate of drug-likeness (QED) is 0.738. The standard InChI is InChI=1S/C23H37NO4/c1-5-24(6-2)21(28)18-9-8-16-15-7-10-19(25)23(4,14-12-20(26)27)17(15)11-13-22(16,18)3/h15-18H,5-14H2,1-4H3,(H,26,27)/t15-,16-,17-,18+,22+,23+/m1/s1. The van der Waals surface area contributed by atoms with E-state index in [2.05, 4.69) is 6.92 Å². The Labute approximate surface area is 169 Å². The molecule has 0 saturated heterocycles. The van der Waals surface area contributed by atoms with E-state index in [0.717, 1.165) is 45.2 Å².